The summed E-state index contributed by atoms with van der Waals surface area (Å²) < 4.78 is 0. The Balaban J connectivity index is 2.43. The predicted octanol–water partition coefficient (Wildman–Crippen LogP) is 4.47. The van der Waals surface area contributed by atoms with Crippen molar-refractivity contribution < 1.29 is 19.2 Å². The van der Waals surface area contributed by atoms with Gasteiger partial charge >= 0.3 is 0 Å². The van der Waals surface area contributed by atoms with E-state index in [1.165, 1.54) is 12.1 Å². The number of nitrogens with two attached hydrogens (primary N) is 2. The summed E-state index contributed by atoms with van der Waals surface area (Å²) in [6.45, 7) is 9.19. The van der Waals surface area contributed by atoms with Gasteiger partial charge in [-0.2, -0.15) is 0 Å². The molecule has 0 aromatic heterocycles. The number of benzene rings is 2. The van der Waals surface area contributed by atoms with Gasteiger partial charge in [0.15, 0.2) is 0 Å². The molecule has 37 heavy (non-hydrogen) atoms. The summed E-state index contributed by atoms with van der Waals surface area (Å²) in [5.41, 5.74) is 15.4. The van der Waals surface area contributed by atoms with Gasteiger partial charge in [-0.1, -0.05) is 24.8 Å². The Bertz CT molecular complexity index is 1350. The lowest BCUT2D eigenvalue weighted by molar-refractivity contribution is 0.0999. The molecule has 2 rings (SSSR count). The van der Waals surface area contributed by atoms with E-state index in [9.17, 15) is 19.2 Å². The molecule has 0 saturated heterocycles. The van der Waals surface area contributed by atoms with E-state index in [1.807, 2.05) is 0 Å². The first-order valence-corrected chi connectivity index (χ1v) is 11.2. The quantitative estimate of drug-likeness (QED) is 0.269. The largest absolute Gasteiger partial charge is 0.366 e. The zero-order valence-corrected chi connectivity index (χ0v) is 20.9. The SMILES string of the molecule is C=CC(=C\N=C(C)c1cc(C=O)cc(C=O)c1)/C(=C/C)/N=C\C(=C/C)c1cc(C(N)=O)cc(C(N)=O)c1. The van der Waals surface area contributed by atoms with E-state index in [0.717, 1.165) is 0 Å². The molecular formula is C29H28N4O4. The maximum absolute atomic E-state index is 11.7. The molecule has 0 aliphatic rings. The predicted molar refractivity (Wildman–Crippen MR) is 147 cm³/mol. The van der Waals surface area contributed by atoms with E-state index in [-0.39, 0.29) is 11.1 Å². The topological polar surface area (TPSA) is 145 Å². The first-order valence-electron chi connectivity index (χ1n) is 11.2. The van der Waals surface area contributed by atoms with Crippen LogP contribution in [-0.2, 0) is 0 Å². The highest BCUT2D eigenvalue weighted by Gasteiger charge is 2.11. The van der Waals surface area contributed by atoms with Crippen LogP contribution >= 0.6 is 0 Å². The maximum Gasteiger partial charge on any atom is 0.248 e. The standard InChI is InChI=1S/C29H28N4O4/c1-5-21(24-11-25(28(30)36)13-26(12-24)29(31)37)14-33-27(7-3)22(6-2)15-32-18(4)23-9-19(16-34)8-20(10-23)17-35/h5-17H,2H2,1,3-4H3,(H2,30,36)(H2,31,37)/b21-5+,22-15+,27-7-,32-18?,33-14-. The molecule has 0 aliphatic carbocycles. The van der Waals surface area contributed by atoms with Crippen molar-refractivity contribution in [2.45, 2.75) is 20.8 Å². The summed E-state index contributed by atoms with van der Waals surface area (Å²) in [7, 11) is 0. The maximum atomic E-state index is 11.7. The van der Waals surface area contributed by atoms with Gasteiger partial charge < -0.3 is 11.5 Å². The van der Waals surface area contributed by atoms with Crippen LogP contribution in [0.1, 0.15) is 73.3 Å². The van der Waals surface area contributed by atoms with E-state index < -0.39 is 11.8 Å². The third kappa shape index (κ3) is 7.50. The number of hydrogen-bond donors (Lipinski definition) is 2. The van der Waals surface area contributed by atoms with Crippen molar-refractivity contribution in [3.63, 3.8) is 0 Å². The number of carbonyl (C=O) groups is 4. The molecule has 188 valence electrons. The molecule has 0 saturated carbocycles. The number of aldehydes is 2. The summed E-state index contributed by atoms with van der Waals surface area (Å²) in [4.78, 5) is 54.9. The van der Waals surface area contributed by atoms with Gasteiger partial charge in [0, 0.05) is 46.0 Å². The second kappa shape index (κ2) is 13.2. The van der Waals surface area contributed by atoms with E-state index >= 15 is 0 Å². The molecule has 2 aromatic rings. The van der Waals surface area contributed by atoms with E-state index in [2.05, 4.69) is 16.6 Å². The van der Waals surface area contributed by atoms with Crippen molar-refractivity contribution in [2.24, 2.45) is 21.5 Å². The number of allylic oxidation sites excluding steroid dienone is 4. The molecule has 2 aromatic carbocycles. The molecule has 0 spiro atoms. The third-order valence-electron chi connectivity index (χ3n) is 5.34. The number of primary amides is 2. The molecule has 0 fully saturated rings. The average molecular weight is 497 g/mol. The van der Waals surface area contributed by atoms with Crippen LogP contribution in [0.2, 0.25) is 0 Å². The molecule has 0 radical (unpaired) electrons. The lowest BCUT2D eigenvalue weighted by atomic mass is 9.99. The van der Waals surface area contributed by atoms with Gasteiger partial charge in [-0.25, -0.2) is 0 Å². The molecule has 0 atom stereocenters. The highest BCUT2D eigenvalue weighted by atomic mass is 16.1. The summed E-state index contributed by atoms with van der Waals surface area (Å²) in [5, 5.41) is 0. The van der Waals surface area contributed by atoms with Crippen molar-refractivity contribution in [3.8, 4) is 0 Å². The van der Waals surface area contributed by atoms with Crippen LogP contribution in [0.5, 0.6) is 0 Å². The summed E-state index contributed by atoms with van der Waals surface area (Å²) >= 11 is 0. The molecule has 8 nitrogen and oxygen atoms in total. The normalized spacial score (nSPS) is 12.9. The average Bonchev–Trinajstić information content (AvgIpc) is 2.91. The summed E-state index contributed by atoms with van der Waals surface area (Å²) in [6.07, 6.45) is 9.64. The second-order valence-corrected chi connectivity index (χ2v) is 7.83. The number of rotatable bonds is 11. The van der Waals surface area contributed by atoms with Gasteiger partial charge in [0.05, 0.1) is 5.70 Å². The van der Waals surface area contributed by atoms with Gasteiger partial charge in [-0.05, 0) is 73.9 Å². The molecule has 8 heteroatoms. The molecule has 0 heterocycles. The lowest BCUT2D eigenvalue weighted by Gasteiger charge is -2.08. The van der Waals surface area contributed by atoms with Crippen LogP contribution < -0.4 is 11.5 Å². The number of aliphatic imine (C=N–C) groups is 2. The van der Waals surface area contributed by atoms with Crippen molar-refractivity contribution in [3.05, 3.63) is 112 Å². The lowest BCUT2D eigenvalue weighted by Crippen LogP contribution is -2.16. The molecular weight excluding hydrogens is 468 g/mol. The Morgan fingerprint density at radius 2 is 1.35 bits per heavy atom. The minimum atomic E-state index is -0.685. The van der Waals surface area contributed by atoms with Gasteiger partial charge in [0.1, 0.15) is 12.6 Å². The van der Waals surface area contributed by atoms with Crippen molar-refractivity contribution >= 4 is 41.9 Å². The van der Waals surface area contributed by atoms with Crippen molar-refractivity contribution in [2.75, 3.05) is 0 Å². The van der Waals surface area contributed by atoms with Gasteiger partial charge in [-0.3, -0.25) is 29.2 Å². The fourth-order valence-corrected chi connectivity index (χ4v) is 3.34. The van der Waals surface area contributed by atoms with Crippen molar-refractivity contribution in [1.82, 2.24) is 0 Å². The fraction of sp³-hybridized carbons (Fsp3) is 0.103. The Morgan fingerprint density at radius 1 is 0.811 bits per heavy atom. The van der Waals surface area contributed by atoms with Crippen LogP contribution in [0, 0.1) is 0 Å². The summed E-state index contributed by atoms with van der Waals surface area (Å²) in [5.74, 6) is -1.37. The highest BCUT2D eigenvalue weighted by molar-refractivity contribution is 6.12. The number of hydrogen-bond acceptors (Lipinski definition) is 6. The smallest absolute Gasteiger partial charge is 0.248 e. The number of nitrogens with zero attached hydrogens (tertiary/aromatic N) is 2. The number of amides is 2. The molecule has 2 amide bonds. The van der Waals surface area contributed by atoms with Gasteiger partial charge in [0.25, 0.3) is 0 Å². The Hall–Kier alpha value is -4.98. The minimum Gasteiger partial charge on any atom is -0.366 e. The Morgan fingerprint density at radius 3 is 1.78 bits per heavy atom. The van der Waals surface area contributed by atoms with Gasteiger partial charge in [-0.15, -0.1) is 0 Å². The van der Waals surface area contributed by atoms with Crippen LogP contribution in [-0.4, -0.2) is 36.3 Å². The minimum absolute atomic E-state index is 0.151. The Kier molecular flexibility index (Phi) is 10.1. The monoisotopic (exact) mass is 496 g/mol. The zero-order valence-electron chi connectivity index (χ0n) is 20.9. The zero-order chi connectivity index (χ0) is 27.5. The number of carbonyl (C=O) groups excluding carboxylic acids is 4. The Labute approximate surface area is 215 Å². The molecule has 0 unspecified atom stereocenters. The first kappa shape index (κ1) is 28.3. The van der Waals surface area contributed by atoms with Crippen LogP contribution in [0.25, 0.3) is 5.57 Å². The van der Waals surface area contributed by atoms with Gasteiger partial charge in [0.2, 0.25) is 11.8 Å². The molecule has 0 bridgehead atoms. The molecule has 4 N–H and O–H groups in total. The van der Waals surface area contributed by atoms with E-state index in [1.54, 1.807) is 75.7 Å². The van der Waals surface area contributed by atoms with Crippen molar-refractivity contribution in [1.29, 1.82) is 0 Å². The van der Waals surface area contributed by atoms with Crippen LogP contribution in [0.4, 0.5) is 0 Å². The van der Waals surface area contributed by atoms with E-state index in [4.69, 9.17) is 11.5 Å². The third-order valence-corrected chi connectivity index (χ3v) is 5.34. The highest BCUT2D eigenvalue weighted by Crippen LogP contribution is 2.20. The van der Waals surface area contributed by atoms with Crippen LogP contribution in [0.3, 0.4) is 0 Å². The van der Waals surface area contributed by atoms with E-state index in [0.29, 0.717) is 57.4 Å². The summed E-state index contributed by atoms with van der Waals surface area (Å²) in [6, 6.07) is 9.26. The fourth-order valence-electron chi connectivity index (χ4n) is 3.34. The first-order chi connectivity index (χ1) is 17.7. The second-order valence-electron chi connectivity index (χ2n) is 7.83. The van der Waals surface area contributed by atoms with Crippen LogP contribution in [0.15, 0.2) is 88.7 Å². The molecule has 0 aliphatic heterocycles.